The number of rotatable bonds is 9. The van der Waals surface area contributed by atoms with E-state index in [1.807, 2.05) is 36.4 Å². The smallest absolute Gasteiger partial charge is 0.264 e. The van der Waals surface area contributed by atoms with Crippen LogP contribution in [0.1, 0.15) is 18.9 Å². The molecule has 1 fully saturated rings. The average molecular weight is 508 g/mol. The molecular formula is C27H29N3O5S. The van der Waals surface area contributed by atoms with Gasteiger partial charge in [0.05, 0.1) is 29.3 Å². The van der Waals surface area contributed by atoms with Gasteiger partial charge < -0.3 is 15.0 Å². The Morgan fingerprint density at radius 2 is 1.72 bits per heavy atom. The minimum Gasteiger partial charge on any atom is -0.495 e. The van der Waals surface area contributed by atoms with Gasteiger partial charge in [-0.1, -0.05) is 48.5 Å². The fourth-order valence-electron chi connectivity index (χ4n) is 4.30. The molecule has 0 bridgehead atoms. The van der Waals surface area contributed by atoms with Crippen molar-refractivity contribution in [2.75, 3.05) is 29.8 Å². The van der Waals surface area contributed by atoms with Crippen LogP contribution in [0.4, 0.5) is 11.4 Å². The normalized spacial score (nSPS) is 15.6. The molecule has 9 heteroatoms. The highest BCUT2D eigenvalue weighted by Gasteiger charge is 2.35. The highest BCUT2D eigenvalue weighted by Crippen LogP contribution is 2.32. The predicted octanol–water partition coefficient (Wildman–Crippen LogP) is 3.90. The third-order valence-corrected chi connectivity index (χ3v) is 8.05. The summed E-state index contributed by atoms with van der Waals surface area (Å²) in [5.74, 6) is -0.677. The highest BCUT2D eigenvalue weighted by molar-refractivity contribution is 7.92. The van der Waals surface area contributed by atoms with Gasteiger partial charge in [-0.25, -0.2) is 8.42 Å². The first-order valence-corrected chi connectivity index (χ1v) is 13.2. The van der Waals surface area contributed by atoms with Crippen molar-refractivity contribution in [1.29, 1.82) is 0 Å². The van der Waals surface area contributed by atoms with Crippen molar-refractivity contribution >= 4 is 33.2 Å². The number of anilines is 2. The predicted molar refractivity (Wildman–Crippen MR) is 138 cm³/mol. The molecule has 1 heterocycles. The number of sulfonamides is 1. The molecule has 8 nitrogen and oxygen atoms in total. The number of amides is 2. The second-order valence-corrected chi connectivity index (χ2v) is 10.4. The van der Waals surface area contributed by atoms with E-state index in [1.165, 1.54) is 29.6 Å². The van der Waals surface area contributed by atoms with E-state index in [1.54, 1.807) is 36.1 Å². The summed E-state index contributed by atoms with van der Waals surface area (Å²) in [5.41, 5.74) is 1.77. The van der Waals surface area contributed by atoms with Gasteiger partial charge in [0.25, 0.3) is 10.0 Å². The molecule has 1 saturated heterocycles. The second-order valence-electron chi connectivity index (χ2n) is 8.52. The van der Waals surface area contributed by atoms with Gasteiger partial charge in [0.15, 0.2) is 0 Å². The van der Waals surface area contributed by atoms with Crippen LogP contribution >= 0.6 is 0 Å². The van der Waals surface area contributed by atoms with Gasteiger partial charge in [0.2, 0.25) is 11.8 Å². The first-order valence-electron chi connectivity index (χ1n) is 11.7. The molecule has 4 rings (SSSR count). The number of para-hydroxylation sites is 1. The van der Waals surface area contributed by atoms with Gasteiger partial charge in [-0.15, -0.1) is 0 Å². The highest BCUT2D eigenvalue weighted by atomic mass is 32.2. The fraction of sp³-hybridized carbons (Fsp3) is 0.259. The maximum absolute atomic E-state index is 13.4. The largest absolute Gasteiger partial charge is 0.495 e. The Kier molecular flexibility index (Phi) is 7.59. The molecule has 36 heavy (non-hydrogen) atoms. The molecule has 3 aromatic carbocycles. The van der Waals surface area contributed by atoms with Crippen LogP contribution in [0.5, 0.6) is 5.75 Å². The van der Waals surface area contributed by atoms with E-state index in [0.29, 0.717) is 18.0 Å². The summed E-state index contributed by atoms with van der Waals surface area (Å²) >= 11 is 0. The number of benzene rings is 3. The van der Waals surface area contributed by atoms with Gasteiger partial charge >= 0.3 is 0 Å². The summed E-state index contributed by atoms with van der Waals surface area (Å²) < 4.78 is 33.5. The number of methoxy groups -OCH3 is 1. The lowest BCUT2D eigenvalue weighted by Crippen LogP contribution is -2.31. The van der Waals surface area contributed by atoms with Gasteiger partial charge in [-0.3, -0.25) is 13.9 Å². The van der Waals surface area contributed by atoms with Crippen LogP contribution in [0.15, 0.2) is 83.8 Å². The van der Waals surface area contributed by atoms with Crippen molar-refractivity contribution in [2.24, 2.45) is 5.92 Å². The zero-order valence-corrected chi connectivity index (χ0v) is 21.1. The zero-order chi connectivity index (χ0) is 25.7. The quantitative estimate of drug-likeness (QED) is 0.474. The number of carbonyl (C=O) groups is 2. The molecule has 0 radical (unpaired) electrons. The topological polar surface area (TPSA) is 96.0 Å². The van der Waals surface area contributed by atoms with Crippen LogP contribution < -0.4 is 14.4 Å². The van der Waals surface area contributed by atoms with Gasteiger partial charge in [-0.05, 0) is 42.8 Å². The van der Waals surface area contributed by atoms with Gasteiger partial charge in [0.1, 0.15) is 5.75 Å². The molecule has 0 unspecified atom stereocenters. The summed E-state index contributed by atoms with van der Waals surface area (Å²) in [6.45, 7) is 2.72. The molecule has 0 aromatic heterocycles. The van der Waals surface area contributed by atoms with Crippen LogP contribution in [-0.2, 0) is 26.2 Å². The van der Waals surface area contributed by atoms with E-state index in [2.05, 4.69) is 5.32 Å². The summed E-state index contributed by atoms with van der Waals surface area (Å²) in [5, 5.41) is 2.79. The number of nitrogens with zero attached hydrogens (tertiary/aromatic N) is 2. The van der Waals surface area contributed by atoms with Crippen molar-refractivity contribution in [1.82, 2.24) is 4.90 Å². The summed E-state index contributed by atoms with van der Waals surface area (Å²) in [6, 6.07) is 22.8. The Bertz CT molecular complexity index is 1330. The SMILES string of the molecule is CCN(c1ccccc1)S(=O)(=O)c1ccc(OC)c(NC(=O)[C@H]2CC(=O)N(Cc3ccccc3)C2)c1. The first-order chi connectivity index (χ1) is 17.3. The molecule has 188 valence electrons. The van der Waals surface area contributed by atoms with Crippen LogP contribution in [0.2, 0.25) is 0 Å². The van der Waals surface area contributed by atoms with Crippen molar-refractivity contribution in [3.8, 4) is 5.75 Å². The maximum Gasteiger partial charge on any atom is 0.264 e. The Hall–Kier alpha value is -3.85. The van der Waals surface area contributed by atoms with Crippen LogP contribution in [0, 0.1) is 5.92 Å². The molecular weight excluding hydrogens is 478 g/mol. The average Bonchev–Trinajstić information content (AvgIpc) is 3.25. The summed E-state index contributed by atoms with van der Waals surface area (Å²) in [7, 11) is -2.45. The molecule has 1 atom stereocenters. The lowest BCUT2D eigenvalue weighted by molar-refractivity contribution is -0.128. The molecule has 3 aromatic rings. The molecule has 1 aliphatic rings. The third kappa shape index (κ3) is 5.36. The number of likely N-dealkylation sites (tertiary alicyclic amines) is 1. The van der Waals surface area contributed by atoms with Crippen LogP contribution in [0.25, 0.3) is 0 Å². The maximum atomic E-state index is 13.4. The Labute approximate surface area is 211 Å². The summed E-state index contributed by atoms with van der Waals surface area (Å²) in [4.78, 5) is 27.3. The Balaban J connectivity index is 1.53. The number of hydrogen-bond acceptors (Lipinski definition) is 5. The molecule has 2 amide bonds. The van der Waals surface area contributed by atoms with E-state index < -0.39 is 15.9 Å². The Morgan fingerprint density at radius 1 is 1.06 bits per heavy atom. The fourth-order valence-corrected chi connectivity index (χ4v) is 5.80. The van der Waals surface area contributed by atoms with Crippen molar-refractivity contribution in [3.05, 3.63) is 84.4 Å². The second kappa shape index (κ2) is 10.8. The monoisotopic (exact) mass is 507 g/mol. The number of nitrogens with one attached hydrogen (secondary N) is 1. The van der Waals surface area contributed by atoms with Crippen LogP contribution in [0.3, 0.4) is 0 Å². The molecule has 0 spiro atoms. The molecule has 0 saturated carbocycles. The lowest BCUT2D eigenvalue weighted by Gasteiger charge is -2.23. The summed E-state index contributed by atoms with van der Waals surface area (Å²) in [6.07, 6.45) is 0.0938. The van der Waals surface area contributed by atoms with E-state index in [0.717, 1.165) is 5.56 Å². The van der Waals surface area contributed by atoms with Crippen molar-refractivity contribution in [2.45, 2.75) is 24.8 Å². The third-order valence-electron chi connectivity index (χ3n) is 6.15. The van der Waals surface area contributed by atoms with Gasteiger partial charge in [0, 0.05) is 26.1 Å². The van der Waals surface area contributed by atoms with E-state index in [-0.39, 0.29) is 41.9 Å². The van der Waals surface area contributed by atoms with E-state index in [4.69, 9.17) is 4.74 Å². The number of hydrogen-bond donors (Lipinski definition) is 1. The molecule has 1 N–H and O–H groups in total. The Morgan fingerprint density at radius 3 is 2.36 bits per heavy atom. The van der Waals surface area contributed by atoms with Crippen molar-refractivity contribution in [3.63, 3.8) is 0 Å². The van der Waals surface area contributed by atoms with Crippen molar-refractivity contribution < 1.29 is 22.7 Å². The minimum atomic E-state index is -3.89. The molecule has 1 aliphatic heterocycles. The number of carbonyl (C=O) groups excluding carboxylic acids is 2. The molecule has 0 aliphatic carbocycles. The standard InChI is InChI=1S/C27H29N3O5S/c1-3-30(22-12-8-5-9-13-22)36(33,34)23-14-15-25(35-2)24(17-23)28-27(32)21-16-26(31)29(19-21)18-20-10-6-4-7-11-20/h4-15,17,21H,3,16,18-19H2,1-2H3,(H,28,32)/t21-/m0/s1. The first kappa shape index (κ1) is 25.2. The lowest BCUT2D eigenvalue weighted by atomic mass is 10.1. The zero-order valence-electron chi connectivity index (χ0n) is 20.3. The van der Waals surface area contributed by atoms with E-state index in [9.17, 15) is 18.0 Å². The minimum absolute atomic E-state index is 0.0255. The van der Waals surface area contributed by atoms with Gasteiger partial charge in [-0.2, -0.15) is 0 Å². The number of ether oxygens (including phenoxy) is 1. The van der Waals surface area contributed by atoms with E-state index >= 15 is 0 Å². The van der Waals surface area contributed by atoms with Crippen LogP contribution in [-0.4, -0.2) is 45.3 Å².